The smallest absolute Gasteiger partial charge is 0.256 e. The summed E-state index contributed by atoms with van der Waals surface area (Å²) in [5, 5.41) is 27.3. The van der Waals surface area contributed by atoms with E-state index in [-0.39, 0.29) is 24.1 Å². The van der Waals surface area contributed by atoms with Gasteiger partial charge in [0.1, 0.15) is 30.6 Å². The predicted molar refractivity (Wildman–Crippen MR) is 132 cm³/mol. The molecule has 1 fully saturated rings. The van der Waals surface area contributed by atoms with Gasteiger partial charge in [-0.15, -0.1) is 12.4 Å². The summed E-state index contributed by atoms with van der Waals surface area (Å²) < 4.78 is 11.1. The minimum absolute atomic E-state index is 0. The van der Waals surface area contributed by atoms with Gasteiger partial charge >= 0.3 is 0 Å². The molecule has 1 aliphatic heterocycles. The lowest BCUT2D eigenvalue weighted by atomic mass is 9.81. The Morgan fingerprint density at radius 3 is 2.71 bits per heavy atom. The molecule has 0 radical (unpaired) electrons. The average molecular weight is 496 g/mol. The molecule has 2 aliphatic rings. The lowest BCUT2D eigenvalue weighted by Crippen LogP contribution is -2.48. The van der Waals surface area contributed by atoms with Crippen LogP contribution in [0.5, 0.6) is 11.5 Å². The number of nitriles is 1. The molecule has 0 unspecified atom stereocenters. The molecule has 3 aromatic rings. The third-order valence-electron chi connectivity index (χ3n) is 6.38. The second kappa shape index (κ2) is 10.4. The molecule has 1 saturated carbocycles. The molecule has 0 saturated heterocycles. The van der Waals surface area contributed by atoms with Crippen molar-refractivity contribution < 1.29 is 19.4 Å². The van der Waals surface area contributed by atoms with Crippen molar-refractivity contribution in [3.05, 3.63) is 54.0 Å². The summed E-state index contributed by atoms with van der Waals surface area (Å²) in [6, 6.07) is 12.9. The quantitative estimate of drug-likeness (QED) is 0.492. The molecular weight excluding hydrogens is 470 g/mol. The fourth-order valence-corrected chi connectivity index (χ4v) is 4.41. The first-order valence-electron chi connectivity index (χ1n) is 11.4. The molecule has 1 amide bonds. The highest BCUT2D eigenvalue weighted by Crippen LogP contribution is 2.32. The number of aliphatic hydroxyl groups is 1. The molecule has 3 heterocycles. The van der Waals surface area contributed by atoms with Gasteiger partial charge in [0, 0.05) is 24.0 Å². The summed E-state index contributed by atoms with van der Waals surface area (Å²) in [6.07, 6.45) is 3.66. The van der Waals surface area contributed by atoms with Crippen molar-refractivity contribution in [1.29, 1.82) is 5.26 Å². The summed E-state index contributed by atoms with van der Waals surface area (Å²) in [5.41, 5.74) is 0.677. The highest BCUT2D eigenvalue weighted by atomic mass is 35.5. The van der Waals surface area contributed by atoms with E-state index in [0.717, 1.165) is 11.1 Å². The van der Waals surface area contributed by atoms with Crippen LogP contribution in [0.3, 0.4) is 0 Å². The second-order valence-corrected chi connectivity index (χ2v) is 8.65. The number of nitrogens with zero attached hydrogens (tertiary/aromatic N) is 3. The van der Waals surface area contributed by atoms with Crippen LogP contribution in [0.1, 0.15) is 37.1 Å². The van der Waals surface area contributed by atoms with Gasteiger partial charge in [-0.1, -0.05) is 12.1 Å². The van der Waals surface area contributed by atoms with Crippen LogP contribution in [-0.2, 0) is 11.3 Å². The number of halogens is 1. The first-order valence-corrected chi connectivity index (χ1v) is 11.4. The molecule has 0 spiro atoms. The zero-order valence-corrected chi connectivity index (χ0v) is 19.8. The summed E-state index contributed by atoms with van der Waals surface area (Å²) in [4.78, 5) is 21.7. The lowest BCUT2D eigenvalue weighted by Gasteiger charge is -2.35. The van der Waals surface area contributed by atoms with E-state index < -0.39 is 11.5 Å². The van der Waals surface area contributed by atoms with Crippen molar-refractivity contribution >= 4 is 34.9 Å². The van der Waals surface area contributed by atoms with E-state index in [1.165, 1.54) is 0 Å². The maximum Gasteiger partial charge on any atom is 0.256 e. The number of para-hydroxylation sites is 1. The predicted octanol–water partition coefficient (Wildman–Crippen LogP) is 3.10. The minimum Gasteiger partial charge on any atom is -0.486 e. The Bertz CT molecular complexity index is 1270. The third kappa shape index (κ3) is 5.30. The number of benzene rings is 1. The Morgan fingerprint density at radius 2 is 1.94 bits per heavy atom. The number of aromatic nitrogens is 2. The number of hydrogen-bond acceptors (Lipinski definition) is 8. The van der Waals surface area contributed by atoms with E-state index in [1.807, 2.05) is 24.3 Å². The molecule has 2 aromatic heterocycles. The van der Waals surface area contributed by atoms with E-state index in [0.29, 0.717) is 68.1 Å². The number of anilines is 1. The van der Waals surface area contributed by atoms with Gasteiger partial charge in [-0.05, 0) is 43.9 Å². The van der Waals surface area contributed by atoms with Crippen LogP contribution in [0, 0.1) is 11.3 Å². The molecule has 10 heteroatoms. The van der Waals surface area contributed by atoms with Crippen molar-refractivity contribution in [3.63, 3.8) is 0 Å². The topological polar surface area (TPSA) is 129 Å². The molecule has 0 atom stereocenters. The molecule has 1 aliphatic carbocycles. The van der Waals surface area contributed by atoms with Crippen molar-refractivity contribution in [2.75, 3.05) is 18.5 Å². The highest BCUT2D eigenvalue weighted by molar-refractivity contribution is 6.03. The summed E-state index contributed by atoms with van der Waals surface area (Å²) >= 11 is 0. The second-order valence-electron chi connectivity index (χ2n) is 8.65. The number of amides is 1. The molecule has 9 nitrogen and oxygen atoms in total. The zero-order chi connectivity index (χ0) is 23.5. The number of nitrogens with one attached hydrogen (secondary N) is 2. The van der Waals surface area contributed by atoms with Gasteiger partial charge in [0.15, 0.2) is 11.5 Å². The van der Waals surface area contributed by atoms with E-state index >= 15 is 0 Å². The van der Waals surface area contributed by atoms with Gasteiger partial charge in [-0.25, -0.2) is 4.98 Å². The van der Waals surface area contributed by atoms with Crippen molar-refractivity contribution in [2.45, 2.75) is 43.9 Å². The number of rotatable bonds is 5. The van der Waals surface area contributed by atoms with Gasteiger partial charge in [0.05, 0.1) is 23.1 Å². The fraction of sp³-hybridized carbons (Fsp3) is 0.360. The number of carbonyl (C=O) groups excluding carboxylic acids is 1. The highest BCUT2D eigenvalue weighted by Gasteiger charge is 2.40. The van der Waals surface area contributed by atoms with E-state index in [1.54, 1.807) is 24.4 Å². The first-order chi connectivity index (χ1) is 16.5. The number of pyridine rings is 2. The monoisotopic (exact) mass is 495 g/mol. The maximum atomic E-state index is 13.0. The molecule has 182 valence electrons. The Labute approximate surface area is 208 Å². The molecule has 35 heavy (non-hydrogen) atoms. The molecule has 0 bridgehead atoms. The molecule has 3 N–H and O–H groups in total. The lowest BCUT2D eigenvalue weighted by molar-refractivity contribution is -0.137. The Balaban J connectivity index is 0.00000289. The maximum absolute atomic E-state index is 13.0. The standard InChI is InChI=1S/C25H25N5O4.ClH/c26-13-18-5-4-16-2-1-3-20(23(16)29-18)30-24(31)25(32)8-6-17(7-9-25)27-14-19-12-21-22(15-28-19)34-11-10-33-21;/h1-5,12,15,17,27,32H,6-11,14H2,(H,30,31);1H/t17-,25+;. The third-order valence-corrected chi connectivity index (χ3v) is 6.38. The van der Waals surface area contributed by atoms with Crippen molar-refractivity contribution in [3.8, 4) is 17.6 Å². The van der Waals surface area contributed by atoms with Crippen LogP contribution < -0.4 is 20.1 Å². The summed E-state index contributed by atoms with van der Waals surface area (Å²) in [7, 11) is 0. The van der Waals surface area contributed by atoms with Crippen LogP contribution in [0.4, 0.5) is 5.69 Å². The first kappa shape index (κ1) is 24.7. The van der Waals surface area contributed by atoms with Crippen LogP contribution in [0.2, 0.25) is 0 Å². The summed E-state index contributed by atoms with van der Waals surface area (Å²) in [5.74, 6) is 0.919. The van der Waals surface area contributed by atoms with E-state index in [4.69, 9.17) is 14.7 Å². The minimum atomic E-state index is -1.46. The Hall–Kier alpha value is -3.45. The van der Waals surface area contributed by atoms with Crippen molar-refractivity contribution in [1.82, 2.24) is 15.3 Å². The number of ether oxygens (including phenoxy) is 2. The number of carbonyl (C=O) groups is 1. The average Bonchev–Trinajstić information content (AvgIpc) is 2.88. The van der Waals surface area contributed by atoms with Crippen molar-refractivity contribution in [2.24, 2.45) is 0 Å². The van der Waals surface area contributed by atoms with E-state index in [9.17, 15) is 9.90 Å². The molecular formula is C25H26ClN5O4. The molecule has 1 aromatic carbocycles. The largest absolute Gasteiger partial charge is 0.486 e. The van der Waals surface area contributed by atoms with Crippen LogP contribution in [-0.4, -0.2) is 45.8 Å². The normalized spacial score (nSPS) is 21.0. The molecule has 5 rings (SSSR count). The van der Waals surface area contributed by atoms with Gasteiger partial charge < -0.3 is 25.2 Å². The number of hydrogen-bond donors (Lipinski definition) is 3. The summed E-state index contributed by atoms with van der Waals surface area (Å²) in [6.45, 7) is 1.62. The van der Waals surface area contributed by atoms with Gasteiger partial charge in [-0.2, -0.15) is 5.26 Å². The van der Waals surface area contributed by atoms with Crippen LogP contribution in [0.25, 0.3) is 10.9 Å². The SMILES string of the molecule is Cl.N#Cc1ccc2cccc(NC(=O)[C@]3(O)CC[C@@H](NCc4cc5c(cn4)OCCO5)CC3)c2n1. The fourth-order valence-electron chi connectivity index (χ4n) is 4.41. The zero-order valence-electron chi connectivity index (χ0n) is 19.0. The van der Waals surface area contributed by atoms with E-state index in [2.05, 4.69) is 20.6 Å². The van der Waals surface area contributed by atoms with Gasteiger partial charge in [0.25, 0.3) is 5.91 Å². The van der Waals surface area contributed by atoms with Crippen LogP contribution >= 0.6 is 12.4 Å². The van der Waals surface area contributed by atoms with Gasteiger partial charge in [-0.3, -0.25) is 9.78 Å². The van der Waals surface area contributed by atoms with Crippen LogP contribution in [0.15, 0.2) is 42.6 Å². The number of fused-ring (bicyclic) bond motifs is 2. The Kier molecular flexibility index (Phi) is 7.36. The van der Waals surface area contributed by atoms with Gasteiger partial charge in [0.2, 0.25) is 0 Å². The Morgan fingerprint density at radius 1 is 1.17 bits per heavy atom.